The number of nitrogens with one attached hydrogen (secondary N) is 1. The highest BCUT2D eigenvalue weighted by Crippen LogP contribution is 2.60. The fourth-order valence-corrected chi connectivity index (χ4v) is 10.5. The fourth-order valence-electron chi connectivity index (χ4n) is 8.06. The van der Waals surface area contributed by atoms with Gasteiger partial charge in [-0.15, -0.1) is 0 Å². The van der Waals surface area contributed by atoms with Crippen LogP contribution in [0.4, 0.5) is 9.80 Å². The minimum atomic E-state index is -3.57. The standard InChI is InChI=1S/C39H41FN4O5Si/c1-26-36(50(2,3)40)34(23-35(46)42(20-21-45)24-27-12-6-4-7-13-27)49-39(26)31-22-29(44-37(47)30-16-10-11-17-32(30)41-44)18-19-33(31)43(38(39)48)25-28-14-8-5-9-15-28/h4-19,22,26,34,36,41,45H,20-21,23-25H2,1-3H3/t26-,34+,36-,39+/m0/s1. The molecule has 0 radical (unpaired) electrons. The zero-order valence-electron chi connectivity index (χ0n) is 28.4. The lowest BCUT2D eigenvalue weighted by Crippen LogP contribution is -2.45. The van der Waals surface area contributed by atoms with E-state index < -0.39 is 31.6 Å². The van der Waals surface area contributed by atoms with Crippen molar-refractivity contribution in [1.29, 1.82) is 0 Å². The van der Waals surface area contributed by atoms with Gasteiger partial charge in [0.1, 0.15) is 0 Å². The van der Waals surface area contributed by atoms with Crippen molar-refractivity contribution >= 4 is 36.8 Å². The number of ether oxygens (including phenoxy) is 1. The Labute approximate surface area is 291 Å². The number of carbonyl (C=O) groups is 2. The Bertz CT molecular complexity index is 2100. The molecule has 1 spiro atoms. The molecule has 11 heteroatoms. The number of carbonyl (C=O) groups excluding carboxylic acids is 2. The number of amides is 2. The first-order valence-corrected chi connectivity index (χ1v) is 20.0. The topological polar surface area (TPSA) is 108 Å². The van der Waals surface area contributed by atoms with Crippen molar-refractivity contribution < 1.29 is 23.5 Å². The quantitative estimate of drug-likeness (QED) is 0.137. The Morgan fingerprint density at radius 3 is 2.28 bits per heavy atom. The smallest absolute Gasteiger partial charge is 0.279 e. The van der Waals surface area contributed by atoms with E-state index in [-0.39, 0.29) is 50.0 Å². The highest BCUT2D eigenvalue weighted by atomic mass is 28.4. The van der Waals surface area contributed by atoms with Gasteiger partial charge >= 0.3 is 0 Å². The predicted octanol–water partition coefficient (Wildman–Crippen LogP) is 6.05. The molecule has 7 rings (SSSR count). The van der Waals surface area contributed by atoms with Crippen LogP contribution in [-0.2, 0) is 33.0 Å². The third-order valence-corrected chi connectivity index (χ3v) is 12.8. The number of aliphatic hydroxyl groups excluding tert-OH is 1. The van der Waals surface area contributed by atoms with Gasteiger partial charge in [-0.1, -0.05) is 79.7 Å². The van der Waals surface area contributed by atoms with E-state index >= 15 is 4.11 Å². The number of para-hydroxylation sites is 1. The molecule has 258 valence electrons. The van der Waals surface area contributed by atoms with Crippen LogP contribution in [0.3, 0.4) is 0 Å². The first kappa shape index (κ1) is 33.6. The number of nitrogens with zero attached hydrogens (tertiary/aromatic N) is 3. The van der Waals surface area contributed by atoms with Crippen LogP contribution in [0.5, 0.6) is 0 Å². The fraction of sp³-hybridized carbons (Fsp3) is 0.308. The molecule has 2 aliphatic heterocycles. The minimum absolute atomic E-state index is 0.109. The van der Waals surface area contributed by atoms with E-state index in [2.05, 4.69) is 5.10 Å². The van der Waals surface area contributed by atoms with Crippen molar-refractivity contribution in [2.75, 3.05) is 18.1 Å². The van der Waals surface area contributed by atoms with Gasteiger partial charge in [0.2, 0.25) is 14.3 Å². The van der Waals surface area contributed by atoms with E-state index in [1.807, 2.05) is 85.8 Å². The molecule has 50 heavy (non-hydrogen) atoms. The molecule has 4 atom stereocenters. The summed E-state index contributed by atoms with van der Waals surface area (Å²) in [5, 5.41) is 13.5. The molecule has 2 amide bonds. The van der Waals surface area contributed by atoms with Crippen LogP contribution in [0.25, 0.3) is 16.6 Å². The molecule has 9 nitrogen and oxygen atoms in total. The molecule has 2 N–H and O–H groups in total. The number of fused-ring (bicyclic) bond motifs is 3. The third kappa shape index (κ3) is 5.78. The lowest BCUT2D eigenvalue weighted by Gasteiger charge is -2.31. The van der Waals surface area contributed by atoms with E-state index in [1.54, 1.807) is 47.2 Å². The summed E-state index contributed by atoms with van der Waals surface area (Å²) in [5.74, 6) is -1.24. The van der Waals surface area contributed by atoms with E-state index in [4.69, 9.17) is 4.74 Å². The summed E-state index contributed by atoms with van der Waals surface area (Å²) in [5.41, 5.74) is 1.63. The Morgan fingerprint density at radius 2 is 1.62 bits per heavy atom. The van der Waals surface area contributed by atoms with Crippen LogP contribution in [0.2, 0.25) is 18.6 Å². The first-order valence-electron chi connectivity index (χ1n) is 17.0. The number of anilines is 1. The molecule has 1 saturated heterocycles. The molecule has 0 unspecified atom stereocenters. The number of halogens is 1. The van der Waals surface area contributed by atoms with Gasteiger partial charge in [0.25, 0.3) is 11.5 Å². The molecular weight excluding hydrogens is 652 g/mol. The lowest BCUT2D eigenvalue weighted by molar-refractivity contribution is -0.150. The number of hydrogen-bond donors (Lipinski definition) is 2. The maximum absolute atomic E-state index is 16.6. The molecule has 0 bridgehead atoms. The maximum Gasteiger partial charge on any atom is 0.279 e. The minimum Gasteiger partial charge on any atom is -0.395 e. The number of benzene rings is 4. The van der Waals surface area contributed by atoms with Crippen LogP contribution in [0.15, 0.2) is 108 Å². The Hall–Kier alpha value is -4.84. The van der Waals surface area contributed by atoms with Crippen molar-refractivity contribution in [3.05, 3.63) is 130 Å². The van der Waals surface area contributed by atoms with Gasteiger partial charge in [-0.25, -0.2) is 4.68 Å². The number of rotatable bonds is 10. The molecule has 1 aromatic heterocycles. The van der Waals surface area contributed by atoms with Crippen molar-refractivity contribution in [1.82, 2.24) is 14.7 Å². The number of aliphatic hydroxyl groups is 1. The van der Waals surface area contributed by atoms with Gasteiger partial charge in [-0.2, -0.15) is 0 Å². The summed E-state index contributed by atoms with van der Waals surface area (Å²) in [6.45, 7) is 5.49. The van der Waals surface area contributed by atoms with Crippen LogP contribution in [-0.4, -0.2) is 59.3 Å². The van der Waals surface area contributed by atoms with Crippen LogP contribution < -0.4 is 10.5 Å². The Morgan fingerprint density at radius 1 is 0.960 bits per heavy atom. The zero-order valence-corrected chi connectivity index (χ0v) is 29.4. The number of aromatic amines is 1. The summed E-state index contributed by atoms with van der Waals surface area (Å²) in [7, 11) is -3.57. The third-order valence-electron chi connectivity index (χ3n) is 10.3. The average Bonchev–Trinajstić information content (AvgIpc) is 3.68. The van der Waals surface area contributed by atoms with Crippen LogP contribution in [0, 0.1) is 5.92 Å². The van der Waals surface area contributed by atoms with Gasteiger partial charge in [-0.3, -0.25) is 19.5 Å². The number of aromatic nitrogens is 2. The first-order chi connectivity index (χ1) is 24.0. The molecule has 0 aliphatic carbocycles. The van der Waals surface area contributed by atoms with Crippen LogP contribution in [0.1, 0.15) is 30.0 Å². The van der Waals surface area contributed by atoms with Gasteiger partial charge in [-0.05, 0) is 54.6 Å². The van der Waals surface area contributed by atoms with Crippen molar-refractivity contribution in [3.8, 4) is 5.69 Å². The van der Waals surface area contributed by atoms with E-state index in [0.29, 0.717) is 27.8 Å². The average molecular weight is 693 g/mol. The Balaban J connectivity index is 1.32. The van der Waals surface area contributed by atoms with Gasteiger partial charge in [0.05, 0.1) is 48.0 Å². The molecule has 5 aromatic rings. The summed E-state index contributed by atoms with van der Waals surface area (Å²) in [4.78, 5) is 45.6. The summed E-state index contributed by atoms with van der Waals surface area (Å²) >= 11 is 0. The number of H-pyrrole nitrogens is 1. The van der Waals surface area contributed by atoms with Gasteiger partial charge < -0.3 is 23.8 Å². The summed E-state index contributed by atoms with van der Waals surface area (Å²) in [6, 6.07) is 31.8. The second kappa shape index (κ2) is 13.1. The lowest BCUT2D eigenvalue weighted by atomic mass is 9.82. The normalized spacial score (nSPS) is 21.7. The Kier molecular flexibility index (Phi) is 8.83. The van der Waals surface area contributed by atoms with Gasteiger partial charge in [0.15, 0.2) is 5.60 Å². The predicted molar refractivity (Wildman–Crippen MR) is 193 cm³/mol. The summed E-state index contributed by atoms with van der Waals surface area (Å²) < 4.78 is 24.9. The maximum atomic E-state index is 16.6. The SMILES string of the molecule is C[C@H]1[C@H]([Si](C)(C)F)[C@@H](CC(=O)N(CCO)Cc2ccccc2)O[C@]12C(=O)N(Cc1ccccc1)c1ccc(-n3[nH]c4ccccc4c3=O)cc12. The van der Waals surface area contributed by atoms with Crippen molar-refractivity contribution in [2.24, 2.45) is 5.92 Å². The monoisotopic (exact) mass is 692 g/mol. The molecule has 1 fully saturated rings. The molecule has 2 aliphatic rings. The van der Waals surface area contributed by atoms with E-state index in [0.717, 1.165) is 11.1 Å². The molecule has 3 heterocycles. The van der Waals surface area contributed by atoms with Crippen LogP contribution >= 0.6 is 0 Å². The largest absolute Gasteiger partial charge is 0.395 e. The van der Waals surface area contributed by atoms with E-state index in [9.17, 15) is 19.5 Å². The highest BCUT2D eigenvalue weighted by molar-refractivity contribution is 6.72. The molecule has 4 aromatic carbocycles. The molecule has 0 saturated carbocycles. The summed E-state index contributed by atoms with van der Waals surface area (Å²) in [6.07, 6.45) is -1.04. The molecular formula is C39H41FN4O5Si. The second-order valence-corrected chi connectivity index (χ2v) is 17.7. The van der Waals surface area contributed by atoms with E-state index in [1.165, 1.54) is 4.68 Å². The highest BCUT2D eigenvalue weighted by Gasteiger charge is 2.67. The van der Waals surface area contributed by atoms with Crippen molar-refractivity contribution in [2.45, 2.75) is 56.8 Å². The zero-order chi connectivity index (χ0) is 35.2. The van der Waals surface area contributed by atoms with Crippen molar-refractivity contribution in [3.63, 3.8) is 0 Å². The number of hydrogen-bond acceptors (Lipinski definition) is 5. The van der Waals surface area contributed by atoms with Gasteiger partial charge in [0, 0.05) is 30.1 Å². The second-order valence-electron chi connectivity index (χ2n) is 13.9.